The van der Waals surface area contributed by atoms with E-state index < -0.39 is 10.2 Å². The van der Waals surface area contributed by atoms with E-state index in [-0.39, 0.29) is 0 Å². The fraction of sp³-hybridized carbons (Fsp3) is 0.500. The van der Waals surface area contributed by atoms with E-state index >= 15 is 0 Å². The lowest BCUT2D eigenvalue weighted by Gasteiger charge is -2.32. The van der Waals surface area contributed by atoms with Gasteiger partial charge in [0.1, 0.15) is 0 Å². The van der Waals surface area contributed by atoms with Crippen LogP contribution in [0.4, 0.5) is 5.69 Å². The topological polar surface area (TPSA) is 52.7 Å². The lowest BCUT2D eigenvalue weighted by Crippen LogP contribution is -2.51. The third kappa shape index (κ3) is 2.50. The van der Waals surface area contributed by atoms with Crippen molar-refractivity contribution in [1.82, 2.24) is 9.62 Å². The number of para-hydroxylation sites is 1. The summed E-state index contributed by atoms with van der Waals surface area (Å²) in [4.78, 5) is 0. The highest BCUT2D eigenvalue weighted by molar-refractivity contribution is 7.90. The van der Waals surface area contributed by atoms with Gasteiger partial charge < -0.3 is 5.32 Å². The van der Waals surface area contributed by atoms with E-state index in [1.54, 1.807) is 7.05 Å². The lowest BCUT2D eigenvalue weighted by atomic mass is 10.2. The van der Waals surface area contributed by atoms with Gasteiger partial charge in [0, 0.05) is 33.2 Å². The van der Waals surface area contributed by atoms with Crippen molar-refractivity contribution in [3.63, 3.8) is 0 Å². The number of piperazine rings is 1. The zero-order chi connectivity index (χ0) is 13.2. The van der Waals surface area contributed by atoms with Crippen molar-refractivity contribution in [3.8, 4) is 0 Å². The third-order valence-corrected chi connectivity index (χ3v) is 5.11. The largest absolute Gasteiger partial charge is 0.314 e. The second-order valence-electron chi connectivity index (χ2n) is 4.41. The molecule has 0 aromatic heterocycles. The van der Waals surface area contributed by atoms with E-state index in [1.165, 1.54) is 8.61 Å². The molecule has 5 nitrogen and oxygen atoms in total. The van der Waals surface area contributed by atoms with Crippen LogP contribution >= 0.6 is 0 Å². The van der Waals surface area contributed by atoms with Gasteiger partial charge in [0.25, 0.3) is 0 Å². The average Bonchev–Trinajstić information content (AvgIpc) is 2.39. The van der Waals surface area contributed by atoms with Gasteiger partial charge in [-0.3, -0.25) is 4.31 Å². The third-order valence-electron chi connectivity index (χ3n) is 3.20. The fourth-order valence-electron chi connectivity index (χ4n) is 2.09. The maximum atomic E-state index is 12.5. The second kappa shape index (κ2) is 5.26. The Morgan fingerprint density at radius 3 is 2.44 bits per heavy atom. The first-order valence-corrected chi connectivity index (χ1v) is 7.43. The van der Waals surface area contributed by atoms with E-state index in [0.717, 1.165) is 11.3 Å². The summed E-state index contributed by atoms with van der Waals surface area (Å²) in [5.41, 5.74) is 1.69. The fourth-order valence-corrected chi connectivity index (χ4v) is 3.53. The maximum absolute atomic E-state index is 12.5. The molecule has 2 rings (SSSR count). The summed E-state index contributed by atoms with van der Waals surface area (Å²) >= 11 is 0. The number of nitrogens with one attached hydrogen (secondary N) is 1. The molecule has 1 aliphatic heterocycles. The van der Waals surface area contributed by atoms with Crippen LogP contribution in [0.3, 0.4) is 0 Å². The number of anilines is 1. The number of rotatable bonds is 3. The summed E-state index contributed by atoms with van der Waals surface area (Å²) in [6.45, 7) is 4.39. The molecule has 0 saturated carbocycles. The Balaban J connectivity index is 2.27. The minimum atomic E-state index is -3.41. The summed E-state index contributed by atoms with van der Waals surface area (Å²) in [5.74, 6) is 0. The van der Waals surface area contributed by atoms with Crippen LogP contribution in [0, 0.1) is 6.92 Å². The Hall–Kier alpha value is -1.11. The second-order valence-corrected chi connectivity index (χ2v) is 6.37. The van der Waals surface area contributed by atoms with Crippen molar-refractivity contribution in [1.29, 1.82) is 0 Å². The zero-order valence-corrected chi connectivity index (χ0v) is 11.6. The van der Waals surface area contributed by atoms with Crippen molar-refractivity contribution in [3.05, 3.63) is 29.8 Å². The molecule has 0 aliphatic carbocycles. The molecule has 0 atom stereocenters. The van der Waals surface area contributed by atoms with E-state index in [0.29, 0.717) is 26.2 Å². The van der Waals surface area contributed by atoms with Crippen molar-refractivity contribution in [2.24, 2.45) is 0 Å². The Morgan fingerprint density at radius 1 is 1.22 bits per heavy atom. The van der Waals surface area contributed by atoms with Crippen LogP contribution in [-0.4, -0.2) is 45.9 Å². The van der Waals surface area contributed by atoms with Crippen molar-refractivity contribution in [2.75, 3.05) is 37.5 Å². The van der Waals surface area contributed by atoms with Crippen molar-refractivity contribution in [2.45, 2.75) is 6.92 Å². The first-order chi connectivity index (χ1) is 8.53. The van der Waals surface area contributed by atoms with E-state index in [2.05, 4.69) is 5.32 Å². The van der Waals surface area contributed by atoms with E-state index in [4.69, 9.17) is 0 Å². The molecule has 1 aliphatic rings. The Kier molecular flexibility index (Phi) is 3.89. The molecule has 0 bridgehead atoms. The van der Waals surface area contributed by atoms with Gasteiger partial charge in [-0.15, -0.1) is 0 Å². The highest BCUT2D eigenvalue weighted by Gasteiger charge is 2.28. The Morgan fingerprint density at radius 2 is 1.83 bits per heavy atom. The summed E-state index contributed by atoms with van der Waals surface area (Å²) in [7, 11) is -1.80. The molecule has 0 spiro atoms. The SMILES string of the molecule is Cc1ccccc1N(C)S(=O)(=O)N1CCNCC1. The number of hydrogen-bond acceptors (Lipinski definition) is 3. The molecular formula is C12H19N3O2S. The monoisotopic (exact) mass is 269 g/mol. The molecule has 1 N–H and O–H groups in total. The molecule has 1 saturated heterocycles. The standard InChI is InChI=1S/C12H19N3O2S/c1-11-5-3-4-6-12(11)14(2)18(16,17)15-9-7-13-8-10-15/h3-6,13H,7-10H2,1-2H3. The first-order valence-electron chi connectivity index (χ1n) is 6.04. The van der Waals surface area contributed by atoms with Crippen LogP contribution in [0.15, 0.2) is 24.3 Å². The van der Waals surface area contributed by atoms with Gasteiger partial charge >= 0.3 is 10.2 Å². The van der Waals surface area contributed by atoms with Crippen LogP contribution in [0.2, 0.25) is 0 Å². The van der Waals surface area contributed by atoms with E-state index in [9.17, 15) is 8.42 Å². The highest BCUT2D eigenvalue weighted by Crippen LogP contribution is 2.22. The number of nitrogens with zero attached hydrogens (tertiary/aromatic N) is 2. The van der Waals surface area contributed by atoms with Gasteiger partial charge in [-0.1, -0.05) is 18.2 Å². The quantitative estimate of drug-likeness (QED) is 0.873. The molecule has 1 aromatic rings. The smallest absolute Gasteiger partial charge is 0.303 e. The van der Waals surface area contributed by atoms with Gasteiger partial charge in [0.2, 0.25) is 0 Å². The molecule has 6 heteroatoms. The summed E-state index contributed by atoms with van der Waals surface area (Å²) in [6.07, 6.45) is 0. The summed E-state index contributed by atoms with van der Waals surface area (Å²) in [6, 6.07) is 7.50. The minimum Gasteiger partial charge on any atom is -0.314 e. The van der Waals surface area contributed by atoms with Crippen molar-refractivity contribution < 1.29 is 8.42 Å². The minimum absolute atomic E-state index is 0.526. The molecule has 1 heterocycles. The Bertz CT molecular complexity index is 510. The van der Waals surface area contributed by atoms with Gasteiger partial charge in [0.15, 0.2) is 0 Å². The lowest BCUT2D eigenvalue weighted by molar-refractivity contribution is 0.359. The van der Waals surface area contributed by atoms with Crippen molar-refractivity contribution >= 4 is 15.9 Å². The summed E-state index contributed by atoms with van der Waals surface area (Å²) < 4.78 is 27.8. The number of benzene rings is 1. The molecular weight excluding hydrogens is 250 g/mol. The molecule has 18 heavy (non-hydrogen) atoms. The first kappa shape index (κ1) is 13.3. The Labute approximate surface area is 109 Å². The van der Waals surface area contributed by atoms with Gasteiger partial charge in [-0.25, -0.2) is 0 Å². The van der Waals surface area contributed by atoms with Crippen LogP contribution in [0.5, 0.6) is 0 Å². The van der Waals surface area contributed by atoms with E-state index in [1.807, 2.05) is 31.2 Å². The molecule has 0 radical (unpaired) electrons. The predicted molar refractivity (Wildman–Crippen MR) is 72.9 cm³/mol. The van der Waals surface area contributed by atoms with Crippen LogP contribution in [0.25, 0.3) is 0 Å². The molecule has 1 fully saturated rings. The molecule has 100 valence electrons. The molecule has 0 unspecified atom stereocenters. The number of aryl methyl sites for hydroxylation is 1. The van der Waals surface area contributed by atoms with Crippen LogP contribution < -0.4 is 9.62 Å². The highest BCUT2D eigenvalue weighted by atomic mass is 32.2. The molecule has 1 aromatic carbocycles. The number of hydrogen-bond donors (Lipinski definition) is 1. The molecule has 0 amide bonds. The average molecular weight is 269 g/mol. The van der Waals surface area contributed by atoms with Gasteiger partial charge in [-0.2, -0.15) is 12.7 Å². The predicted octanol–water partition coefficient (Wildman–Crippen LogP) is 0.581. The van der Waals surface area contributed by atoms with Crippen LogP contribution in [-0.2, 0) is 10.2 Å². The maximum Gasteiger partial charge on any atom is 0.303 e. The van der Waals surface area contributed by atoms with Gasteiger partial charge in [-0.05, 0) is 18.6 Å². The summed E-state index contributed by atoms with van der Waals surface area (Å²) in [5, 5.41) is 3.15. The normalized spacial score (nSPS) is 17.7. The van der Waals surface area contributed by atoms with Gasteiger partial charge in [0.05, 0.1) is 5.69 Å². The zero-order valence-electron chi connectivity index (χ0n) is 10.8. The van der Waals surface area contributed by atoms with Crippen LogP contribution in [0.1, 0.15) is 5.56 Å².